The lowest BCUT2D eigenvalue weighted by Crippen LogP contribution is -2.28. The number of nitrogens with one attached hydrogen (secondary N) is 1. The van der Waals surface area contributed by atoms with E-state index in [-0.39, 0.29) is 17.7 Å². The van der Waals surface area contributed by atoms with Gasteiger partial charge in [0.2, 0.25) is 0 Å². The van der Waals surface area contributed by atoms with Crippen LogP contribution in [0.1, 0.15) is 59.9 Å². The van der Waals surface area contributed by atoms with Crippen molar-refractivity contribution in [3.63, 3.8) is 0 Å². The highest BCUT2D eigenvalue weighted by Gasteiger charge is 2.42. The summed E-state index contributed by atoms with van der Waals surface area (Å²) in [5.74, 6) is 0.747. The Morgan fingerprint density at radius 3 is 2.69 bits per heavy atom. The first-order valence-corrected chi connectivity index (χ1v) is 11.4. The van der Waals surface area contributed by atoms with Gasteiger partial charge in [0.1, 0.15) is 22.8 Å². The molecule has 2 unspecified atom stereocenters. The van der Waals surface area contributed by atoms with Crippen LogP contribution in [0.5, 0.6) is 5.75 Å². The van der Waals surface area contributed by atoms with E-state index in [2.05, 4.69) is 21.4 Å². The molecule has 2 aromatic carbocycles. The topological polar surface area (TPSA) is 106 Å². The number of aromatic nitrogens is 4. The Balaban J connectivity index is 1.49. The van der Waals surface area contributed by atoms with Crippen LogP contribution in [-0.4, -0.2) is 32.0 Å². The summed E-state index contributed by atoms with van der Waals surface area (Å²) in [5, 5.41) is 12.3. The van der Waals surface area contributed by atoms with E-state index in [0.29, 0.717) is 29.2 Å². The number of nitriles is 1. The van der Waals surface area contributed by atoms with E-state index in [0.717, 1.165) is 22.2 Å². The van der Waals surface area contributed by atoms with E-state index in [1.807, 2.05) is 22.8 Å². The maximum atomic E-state index is 13.2. The molecule has 2 aromatic heterocycles. The number of carbonyl (C=O) groups excluding carboxylic acids is 1. The van der Waals surface area contributed by atoms with Gasteiger partial charge in [0.15, 0.2) is 0 Å². The quantitative estimate of drug-likeness (QED) is 0.449. The van der Waals surface area contributed by atoms with Crippen LogP contribution in [-0.2, 0) is 5.41 Å². The zero-order valence-corrected chi connectivity index (χ0v) is 19.4. The van der Waals surface area contributed by atoms with Gasteiger partial charge < -0.3 is 14.6 Å². The minimum atomic E-state index is -3.01. The van der Waals surface area contributed by atoms with E-state index in [9.17, 15) is 18.8 Å². The minimum absolute atomic E-state index is 0.0155. The molecular formula is C26H20F2N6O2. The number of hydrogen-bond acceptors (Lipinski definition) is 6. The summed E-state index contributed by atoms with van der Waals surface area (Å²) < 4.78 is 33.2. The highest BCUT2D eigenvalue weighted by atomic mass is 19.3. The second-order valence-corrected chi connectivity index (χ2v) is 9.45. The molecule has 10 heteroatoms. The third kappa shape index (κ3) is 3.31. The fourth-order valence-electron chi connectivity index (χ4n) is 5.04. The van der Waals surface area contributed by atoms with Crippen LogP contribution in [0, 0.1) is 11.3 Å². The van der Waals surface area contributed by atoms with Crippen LogP contribution in [0.2, 0.25) is 0 Å². The Morgan fingerprint density at radius 2 is 1.97 bits per heavy atom. The van der Waals surface area contributed by atoms with Crippen LogP contribution >= 0.6 is 0 Å². The van der Waals surface area contributed by atoms with Gasteiger partial charge in [-0.3, -0.25) is 4.79 Å². The molecule has 2 aliphatic rings. The lowest BCUT2D eigenvalue weighted by molar-refractivity contribution is -0.0507. The molecule has 1 amide bonds. The van der Waals surface area contributed by atoms with E-state index in [1.165, 1.54) is 12.1 Å². The molecule has 2 aliphatic heterocycles. The van der Waals surface area contributed by atoms with Crippen LogP contribution < -0.4 is 10.1 Å². The van der Waals surface area contributed by atoms with Crippen LogP contribution in [0.4, 0.5) is 8.78 Å². The number of benzene rings is 2. The fraction of sp³-hybridized carbons (Fsp3) is 0.269. The summed E-state index contributed by atoms with van der Waals surface area (Å²) in [7, 11) is 0. The zero-order valence-electron chi connectivity index (χ0n) is 19.4. The van der Waals surface area contributed by atoms with Gasteiger partial charge in [-0.2, -0.15) is 14.0 Å². The van der Waals surface area contributed by atoms with Gasteiger partial charge in [-0.25, -0.2) is 15.0 Å². The number of rotatable bonds is 4. The number of fused-ring (bicyclic) bond motifs is 9. The standard InChI is InChI=1S/C26H20F2N6O2/c1-26(2,12-29)24-30-10-14(11-31-24)13-6-7-16-18(8-13)34-19-9-17(22(34)32-16)33-23(35)15-4-3-5-20(21(15)19)36-25(27)28/h3-8,10-11,17,19,25H,9H2,1-2H3,(H,33,35). The third-order valence-electron chi connectivity index (χ3n) is 6.79. The molecular weight excluding hydrogens is 466 g/mol. The number of carbonyl (C=O) groups is 1. The van der Waals surface area contributed by atoms with Crippen molar-refractivity contribution in [1.82, 2.24) is 24.8 Å². The molecule has 4 heterocycles. The van der Waals surface area contributed by atoms with E-state index in [1.54, 1.807) is 32.3 Å². The highest BCUT2D eigenvalue weighted by molar-refractivity contribution is 5.98. The molecule has 4 aromatic rings. The molecule has 0 spiro atoms. The summed E-state index contributed by atoms with van der Waals surface area (Å²) in [6, 6.07) is 11.8. The van der Waals surface area contributed by atoms with E-state index < -0.39 is 18.1 Å². The van der Waals surface area contributed by atoms with Crippen molar-refractivity contribution in [3.05, 3.63) is 71.6 Å². The second-order valence-electron chi connectivity index (χ2n) is 9.45. The summed E-state index contributed by atoms with van der Waals surface area (Å²) >= 11 is 0. The lowest BCUT2D eigenvalue weighted by Gasteiger charge is -2.21. The first kappa shape index (κ1) is 22.1. The highest BCUT2D eigenvalue weighted by Crippen LogP contribution is 2.47. The first-order valence-electron chi connectivity index (χ1n) is 11.4. The fourth-order valence-corrected chi connectivity index (χ4v) is 5.04. The van der Waals surface area contributed by atoms with Crippen molar-refractivity contribution in [3.8, 4) is 22.9 Å². The summed E-state index contributed by atoms with van der Waals surface area (Å²) in [6.07, 6.45) is 3.83. The minimum Gasteiger partial charge on any atom is -0.434 e. The molecule has 0 saturated heterocycles. The van der Waals surface area contributed by atoms with Gasteiger partial charge >= 0.3 is 6.61 Å². The molecule has 2 bridgehead atoms. The second kappa shape index (κ2) is 7.81. The van der Waals surface area contributed by atoms with Crippen molar-refractivity contribution in [2.45, 2.75) is 44.4 Å². The molecule has 0 aliphatic carbocycles. The average Bonchev–Trinajstić information content (AvgIpc) is 3.35. The van der Waals surface area contributed by atoms with Gasteiger partial charge in [0.25, 0.3) is 5.91 Å². The Kier molecular flexibility index (Phi) is 4.80. The van der Waals surface area contributed by atoms with Gasteiger partial charge in [0, 0.05) is 29.1 Å². The Morgan fingerprint density at radius 1 is 1.19 bits per heavy atom. The number of amides is 1. The predicted molar refractivity (Wildman–Crippen MR) is 125 cm³/mol. The molecule has 180 valence electrons. The maximum absolute atomic E-state index is 13.2. The summed E-state index contributed by atoms with van der Waals surface area (Å²) in [6.45, 7) is 0.499. The number of ether oxygens (including phenoxy) is 1. The zero-order chi connectivity index (χ0) is 25.2. The SMILES string of the molecule is CC(C)(C#N)c1ncc(-c2ccc3nc4n(c3c2)C2CC4NC(=O)c3cccc(OC(F)F)c32)cn1. The summed E-state index contributed by atoms with van der Waals surface area (Å²) in [4.78, 5) is 26.4. The third-order valence-corrected chi connectivity index (χ3v) is 6.79. The van der Waals surface area contributed by atoms with Gasteiger partial charge in [-0.15, -0.1) is 0 Å². The number of imidazole rings is 1. The molecule has 0 radical (unpaired) electrons. The van der Waals surface area contributed by atoms with Crippen molar-refractivity contribution >= 4 is 16.9 Å². The van der Waals surface area contributed by atoms with E-state index in [4.69, 9.17) is 9.72 Å². The number of hydrogen-bond donors (Lipinski definition) is 1. The monoisotopic (exact) mass is 486 g/mol. The lowest BCUT2D eigenvalue weighted by atomic mass is 9.94. The Hall–Kier alpha value is -4.39. The smallest absolute Gasteiger partial charge is 0.387 e. The average molecular weight is 486 g/mol. The number of halogens is 2. The van der Waals surface area contributed by atoms with Gasteiger partial charge in [-0.1, -0.05) is 12.1 Å². The number of alkyl halides is 2. The summed E-state index contributed by atoms with van der Waals surface area (Å²) in [5.41, 5.74) is 3.05. The molecule has 2 atom stereocenters. The van der Waals surface area contributed by atoms with Crippen LogP contribution in [0.25, 0.3) is 22.2 Å². The van der Waals surface area contributed by atoms with Gasteiger partial charge in [-0.05, 0) is 50.1 Å². The number of nitrogens with zero attached hydrogens (tertiary/aromatic N) is 5. The van der Waals surface area contributed by atoms with Gasteiger partial charge in [0.05, 0.1) is 29.2 Å². The van der Waals surface area contributed by atoms with Crippen molar-refractivity contribution < 1.29 is 18.3 Å². The van der Waals surface area contributed by atoms with Crippen molar-refractivity contribution in [2.24, 2.45) is 0 Å². The van der Waals surface area contributed by atoms with Crippen LogP contribution in [0.3, 0.4) is 0 Å². The Labute approximate surface area is 204 Å². The van der Waals surface area contributed by atoms with E-state index >= 15 is 0 Å². The molecule has 1 N–H and O–H groups in total. The normalized spacial score (nSPS) is 18.4. The molecule has 6 rings (SSSR count). The van der Waals surface area contributed by atoms with Crippen molar-refractivity contribution in [1.29, 1.82) is 5.26 Å². The molecule has 8 nitrogen and oxygen atoms in total. The van der Waals surface area contributed by atoms with Crippen LogP contribution in [0.15, 0.2) is 48.8 Å². The van der Waals surface area contributed by atoms with Crippen molar-refractivity contribution in [2.75, 3.05) is 0 Å². The Bertz CT molecular complexity index is 1570. The molecule has 36 heavy (non-hydrogen) atoms. The molecule has 0 saturated carbocycles. The first-order chi connectivity index (χ1) is 17.3. The predicted octanol–water partition coefficient (Wildman–Crippen LogP) is 4.67. The largest absolute Gasteiger partial charge is 0.434 e. The molecule has 0 fully saturated rings. The maximum Gasteiger partial charge on any atom is 0.387 e.